The molecule has 0 bridgehead atoms. The third-order valence-electron chi connectivity index (χ3n) is 2.64. The summed E-state index contributed by atoms with van der Waals surface area (Å²) in [5, 5.41) is -0.0892. The van der Waals surface area contributed by atoms with Crippen LogP contribution in [-0.4, -0.2) is 24.0 Å². The molecule has 1 aliphatic heterocycles. The molecule has 1 aliphatic rings. The number of thiophene rings is 1. The quantitative estimate of drug-likeness (QED) is 0.906. The molecule has 0 unspecified atom stereocenters. The largest absolute Gasteiger partial charge is 0.328 e. The molecule has 0 aromatic carbocycles. The van der Waals surface area contributed by atoms with E-state index in [2.05, 4.69) is 4.90 Å². The van der Waals surface area contributed by atoms with Crippen LogP contribution in [0.5, 0.6) is 0 Å². The van der Waals surface area contributed by atoms with E-state index in [9.17, 15) is 4.39 Å². The first kappa shape index (κ1) is 16.1. The highest BCUT2D eigenvalue weighted by Gasteiger charge is 2.16. The van der Waals surface area contributed by atoms with Crippen molar-refractivity contribution >= 4 is 36.2 Å². The number of halogens is 3. The highest BCUT2D eigenvalue weighted by atomic mass is 35.5. The predicted octanol–water partition coefficient (Wildman–Crippen LogP) is 2.65. The molecule has 0 aliphatic carbocycles. The third kappa shape index (κ3) is 4.55. The molecule has 0 spiro atoms. The highest BCUT2D eigenvalue weighted by molar-refractivity contribution is 7.10. The first-order chi connectivity index (χ1) is 6.74. The molecule has 1 aromatic heterocycles. The summed E-state index contributed by atoms with van der Waals surface area (Å²) >= 11 is 1.24. The SMILES string of the molecule is Cl.Cl.NC1CCN(Cc2ccc(F)s2)CC1. The molecule has 2 heterocycles. The molecule has 0 radical (unpaired) electrons. The molecule has 6 heteroatoms. The van der Waals surface area contributed by atoms with Gasteiger partial charge in [0.2, 0.25) is 0 Å². The lowest BCUT2D eigenvalue weighted by atomic mass is 10.1. The van der Waals surface area contributed by atoms with Gasteiger partial charge in [0.25, 0.3) is 0 Å². The van der Waals surface area contributed by atoms with Crippen LogP contribution in [0.4, 0.5) is 4.39 Å². The number of nitrogens with zero attached hydrogens (tertiary/aromatic N) is 1. The molecular weight excluding hydrogens is 270 g/mol. The molecule has 1 fully saturated rings. The zero-order valence-corrected chi connectivity index (χ0v) is 11.3. The number of hydrogen-bond acceptors (Lipinski definition) is 3. The topological polar surface area (TPSA) is 29.3 Å². The van der Waals surface area contributed by atoms with E-state index in [4.69, 9.17) is 5.73 Å². The molecule has 1 saturated heterocycles. The molecule has 0 saturated carbocycles. The second-order valence-electron chi connectivity index (χ2n) is 3.82. The fourth-order valence-electron chi connectivity index (χ4n) is 1.77. The van der Waals surface area contributed by atoms with E-state index in [1.807, 2.05) is 6.07 Å². The predicted molar refractivity (Wildman–Crippen MR) is 71.3 cm³/mol. The first-order valence-electron chi connectivity index (χ1n) is 4.96. The van der Waals surface area contributed by atoms with Crippen molar-refractivity contribution in [3.63, 3.8) is 0 Å². The van der Waals surface area contributed by atoms with Crippen LogP contribution in [0.25, 0.3) is 0 Å². The van der Waals surface area contributed by atoms with Crippen molar-refractivity contribution in [2.24, 2.45) is 5.73 Å². The van der Waals surface area contributed by atoms with Crippen LogP contribution in [0.1, 0.15) is 17.7 Å². The van der Waals surface area contributed by atoms with E-state index >= 15 is 0 Å². The van der Waals surface area contributed by atoms with Gasteiger partial charge in [-0.15, -0.1) is 36.2 Å². The maximum Gasteiger partial charge on any atom is 0.176 e. The summed E-state index contributed by atoms with van der Waals surface area (Å²) < 4.78 is 12.7. The van der Waals surface area contributed by atoms with Crippen LogP contribution >= 0.6 is 36.2 Å². The fourth-order valence-corrected chi connectivity index (χ4v) is 2.54. The summed E-state index contributed by atoms with van der Waals surface area (Å²) in [6.07, 6.45) is 2.13. The lowest BCUT2D eigenvalue weighted by Crippen LogP contribution is -2.39. The summed E-state index contributed by atoms with van der Waals surface area (Å²) in [7, 11) is 0. The van der Waals surface area contributed by atoms with Crippen molar-refractivity contribution < 1.29 is 4.39 Å². The van der Waals surface area contributed by atoms with Crippen LogP contribution in [0.2, 0.25) is 0 Å². The molecule has 2 N–H and O–H groups in total. The molecule has 0 amide bonds. The Morgan fingerprint density at radius 1 is 1.31 bits per heavy atom. The van der Waals surface area contributed by atoms with E-state index in [0.29, 0.717) is 6.04 Å². The Labute approximate surface area is 112 Å². The smallest absolute Gasteiger partial charge is 0.176 e. The lowest BCUT2D eigenvalue weighted by molar-refractivity contribution is 0.207. The molecule has 1 aromatic rings. The number of piperidine rings is 1. The molecule has 0 atom stereocenters. The van der Waals surface area contributed by atoms with Gasteiger partial charge in [0.05, 0.1) is 0 Å². The van der Waals surface area contributed by atoms with Crippen molar-refractivity contribution in [2.75, 3.05) is 13.1 Å². The summed E-state index contributed by atoms with van der Waals surface area (Å²) in [6.45, 7) is 2.96. The minimum absolute atomic E-state index is 0. The average Bonchev–Trinajstić information content (AvgIpc) is 2.56. The summed E-state index contributed by atoms with van der Waals surface area (Å²) in [4.78, 5) is 3.45. The molecule has 94 valence electrons. The van der Waals surface area contributed by atoms with Crippen molar-refractivity contribution in [1.82, 2.24) is 4.90 Å². The van der Waals surface area contributed by atoms with Gasteiger partial charge in [0, 0.05) is 17.5 Å². The van der Waals surface area contributed by atoms with Gasteiger partial charge in [0.15, 0.2) is 5.13 Å². The van der Waals surface area contributed by atoms with Gasteiger partial charge in [-0.3, -0.25) is 4.90 Å². The average molecular weight is 287 g/mol. The Balaban J connectivity index is 0.00000112. The van der Waals surface area contributed by atoms with Crippen LogP contribution < -0.4 is 5.73 Å². The second kappa shape index (κ2) is 7.45. The zero-order chi connectivity index (χ0) is 9.97. The Bertz CT molecular complexity index is 301. The van der Waals surface area contributed by atoms with Crippen molar-refractivity contribution in [3.8, 4) is 0 Å². The summed E-state index contributed by atoms with van der Waals surface area (Å²) in [5.41, 5.74) is 5.81. The molecule has 16 heavy (non-hydrogen) atoms. The number of likely N-dealkylation sites (tertiary alicyclic amines) is 1. The highest BCUT2D eigenvalue weighted by Crippen LogP contribution is 2.18. The van der Waals surface area contributed by atoms with Crippen LogP contribution in [0.15, 0.2) is 12.1 Å². The van der Waals surface area contributed by atoms with E-state index in [0.717, 1.165) is 37.4 Å². The Hall–Kier alpha value is 0.130. The fraction of sp³-hybridized carbons (Fsp3) is 0.600. The summed E-state index contributed by atoms with van der Waals surface area (Å²) in [6, 6.07) is 3.77. The monoisotopic (exact) mass is 286 g/mol. The standard InChI is InChI=1S/C10H15FN2S.2ClH/c11-10-2-1-9(14-10)7-13-5-3-8(12)4-6-13;;/h1-2,8H,3-7,12H2;2*1H. The van der Waals surface area contributed by atoms with Gasteiger partial charge in [-0.2, -0.15) is 4.39 Å². The number of rotatable bonds is 2. The van der Waals surface area contributed by atoms with E-state index in [-0.39, 0.29) is 29.9 Å². The maximum atomic E-state index is 12.7. The summed E-state index contributed by atoms with van der Waals surface area (Å²) in [5.74, 6) is 0. The molecule has 2 rings (SSSR count). The van der Waals surface area contributed by atoms with Crippen LogP contribution in [0, 0.1) is 5.13 Å². The van der Waals surface area contributed by atoms with Gasteiger partial charge in [-0.1, -0.05) is 0 Å². The normalized spacial score (nSPS) is 17.6. The second-order valence-corrected chi connectivity index (χ2v) is 4.94. The molecular formula is C10H17Cl2FN2S. The van der Waals surface area contributed by atoms with Crippen molar-refractivity contribution in [2.45, 2.75) is 25.4 Å². The lowest BCUT2D eigenvalue weighted by Gasteiger charge is -2.29. The van der Waals surface area contributed by atoms with Gasteiger partial charge in [-0.25, -0.2) is 0 Å². The minimum Gasteiger partial charge on any atom is -0.328 e. The number of hydrogen-bond donors (Lipinski definition) is 1. The maximum absolute atomic E-state index is 12.7. The van der Waals surface area contributed by atoms with Gasteiger partial charge < -0.3 is 5.73 Å². The third-order valence-corrected chi connectivity index (χ3v) is 3.50. The Morgan fingerprint density at radius 3 is 2.44 bits per heavy atom. The van der Waals surface area contributed by atoms with Gasteiger partial charge in [0.1, 0.15) is 0 Å². The van der Waals surface area contributed by atoms with E-state index < -0.39 is 0 Å². The van der Waals surface area contributed by atoms with Crippen molar-refractivity contribution in [3.05, 3.63) is 22.1 Å². The first-order valence-corrected chi connectivity index (χ1v) is 5.78. The minimum atomic E-state index is -0.0892. The van der Waals surface area contributed by atoms with E-state index in [1.165, 1.54) is 17.4 Å². The van der Waals surface area contributed by atoms with Crippen LogP contribution in [0.3, 0.4) is 0 Å². The molecule has 2 nitrogen and oxygen atoms in total. The van der Waals surface area contributed by atoms with Crippen molar-refractivity contribution in [1.29, 1.82) is 0 Å². The van der Waals surface area contributed by atoms with Crippen LogP contribution in [-0.2, 0) is 6.54 Å². The van der Waals surface area contributed by atoms with Gasteiger partial charge >= 0.3 is 0 Å². The van der Waals surface area contributed by atoms with E-state index in [1.54, 1.807) is 0 Å². The van der Waals surface area contributed by atoms with Gasteiger partial charge in [-0.05, 0) is 38.1 Å². The zero-order valence-electron chi connectivity index (χ0n) is 8.89. The number of nitrogens with two attached hydrogens (primary N) is 1. The Kier molecular flexibility index (Phi) is 7.52. The Morgan fingerprint density at radius 2 is 1.94 bits per heavy atom.